The maximum absolute atomic E-state index is 12.9. The number of aromatic nitrogens is 1. The van der Waals surface area contributed by atoms with Crippen molar-refractivity contribution in [3.8, 4) is 0 Å². The molecule has 0 bridgehead atoms. The molecular formula is C19H19Cl2N3O. The number of hydrogen-bond donors (Lipinski definition) is 0. The topological polar surface area (TPSA) is 36.4 Å². The van der Waals surface area contributed by atoms with Crippen LogP contribution in [-0.2, 0) is 0 Å². The van der Waals surface area contributed by atoms with E-state index in [1.165, 1.54) is 0 Å². The number of benzene rings is 1. The zero-order chi connectivity index (χ0) is 18.0. The summed E-state index contributed by atoms with van der Waals surface area (Å²) in [6.45, 7) is 0.688. The minimum Gasteiger partial charge on any atom is -0.363 e. The molecule has 25 heavy (non-hydrogen) atoms. The molecule has 1 amide bonds. The van der Waals surface area contributed by atoms with Gasteiger partial charge in [-0.05, 0) is 48.2 Å². The second kappa shape index (κ2) is 7.46. The van der Waals surface area contributed by atoms with Crippen LogP contribution in [0.25, 0.3) is 5.57 Å². The lowest BCUT2D eigenvalue weighted by molar-refractivity contribution is 0.0817. The minimum absolute atomic E-state index is 0.0345. The zero-order valence-corrected chi connectivity index (χ0v) is 15.7. The summed E-state index contributed by atoms with van der Waals surface area (Å²) in [5, 5.41) is 1.21. The molecule has 130 valence electrons. The quantitative estimate of drug-likeness (QED) is 0.777. The van der Waals surface area contributed by atoms with E-state index in [9.17, 15) is 4.79 Å². The molecule has 3 rings (SSSR count). The Morgan fingerprint density at radius 1 is 1.20 bits per heavy atom. The molecule has 0 radical (unpaired) electrons. The summed E-state index contributed by atoms with van der Waals surface area (Å²) in [6.07, 6.45) is 5.33. The van der Waals surface area contributed by atoms with Crippen LogP contribution in [0.4, 0.5) is 5.82 Å². The highest BCUT2D eigenvalue weighted by molar-refractivity contribution is 6.35. The van der Waals surface area contributed by atoms with E-state index in [0.29, 0.717) is 22.2 Å². The van der Waals surface area contributed by atoms with Crippen molar-refractivity contribution in [2.45, 2.75) is 12.8 Å². The lowest BCUT2D eigenvalue weighted by Crippen LogP contribution is -2.29. The van der Waals surface area contributed by atoms with Crippen LogP contribution >= 0.6 is 23.2 Å². The van der Waals surface area contributed by atoms with E-state index in [1.54, 1.807) is 29.3 Å². The van der Waals surface area contributed by atoms with Crippen molar-refractivity contribution in [3.05, 3.63) is 63.9 Å². The van der Waals surface area contributed by atoms with Gasteiger partial charge in [0.05, 0.1) is 0 Å². The van der Waals surface area contributed by atoms with Gasteiger partial charge >= 0.3 is 0 Å². The number of carbonyl (C=O) groups excluding carboxylic acids is 1. The first-order chi connectivity index (χ1) is 12.0. The van der Waals surface area contributed by atoms with Crippen molar-refractivity contribution in [3.63, 3.8) is 0 Å². The lowest BCUT2D eigenvalue weighted by atomic mass is 9.99. The van der Waals surface area contributed by atoms with Crippen molar-refractivity contribution in [2.75, 3.05) is 25.5 Å². The molecular weight excluding hydrogens is 357 g/mol. The highest BCUT2D eigenvalue weighted by atomic mass is 35.5. The van der Waals surface area contributed by atoms with Crippen molar-refractivity contribution in [1.29, 1.82) is 0 Å². The molecule has 2 aromatic rings. The fraction of sp³-hybridized carbons (Fsp3) is 0.263. The van der Waals surface area contributed by atoms with Crippen LogP contribution in [0, 0.1) is 0 Å². The van der Waals surface area contributed by atoms with E-state index < -0.39 is 0 Å². The molecule has 0 unspecified atom stereocenters. The number of carbonyl (C=O) groups is 1. The predicted molar refractivity (Wildman–Crippen MR) is 103 cm³/mol. The van der Waals surface area contributed by atoms with Gasteiger partial charge in [0, 0.05) is 48.6 Å². The summed E-state index contributed by atoms with van der Waals surface area (Å²) in [6, 6.07) is 9.00. The Kier molecular flexibility index (Phi) is 5.30. The first kappa shape index (κ1) is 17.8. The lowest BCUT2D eigenvalue weighted by Gasteiger charge is -2.26. The van der Waals surface area contributed by atoms with Crippen LogP contribution < -0.4 is 4.90 Å². The molecule has 6 heteroatoms. The third-order valence-electron chi connectivity index (χ3n) is 4.15. The Morgan fingerprint density at radius 3 is 2.72 bits per heavy atom. The molecule has 0 spiro atoms. The van der Waals surface area contributed by atoms with Crippen LogP contribution in [0.1, 0.15) is 28.8 Å². The Hall–Kier alpha value is -2.04. The van der Waals surface area contributed by atoms with Crippen molar-refractivity contribution in [2.24, 2.45) is 0 Å². The van der Waals surface area contributed by atoms with E-state index in [2.05, 4.69) is 4.98 Å². The van der Waals surface area contributed by atoms with Crippen LogP contribution in [0.15, 0.2) is 42.7 Å². The van der Waals surface area contributed by atoms with E-state index >= 15 is 0 Å². The highest BCUT2D eigenvalue weighted by Gasteiger charge is 2.20. The second-order valence-electron chi connectivity index (χ2n) is 6.18. The van der Waals surface area contributed by atoms with Crippen LogP contribution in [0.2, 0.25) is 10.0 Å². The van der Waals surface area contributed by atoms with Crippen LogP contribution in [-0.4, -0.2) is 36.4 Å². The molecule has 1 aliphatic rings. The summed E-state index contributed by atoms with van der Waals surface area (Å²) < 4.78 is 0. The first-order valence-corrected chi connectivity index (χ1v) is 8.82. The van der Waals surface area contributed by atoms with Crippen molar-refractivity contribution < 1.29 is 4.79 Å². The molecule has 2 heterocycles. The minimum atomic E-state index is -0.0345. The number of hydrogen-bond acceptors (Lipinski definition) is 3. The van der Waals surface area contributed by atoms with Gasteiger partial charge in [-0.25, -0.2) is 4.98 Å². The fourth-order valence-corrected chi connectivity index (χ4v) is 3.36. The Balaban J connectivity index is 1.89. The number of amides is 1. The third-order valence-corrected chi connectivity index (χ3v) is 4.69. The Morgan fingerprint density at radius 2 is 2.00 bits per heavy atom. The summed E-state index contributed by atoms with van der Waals surface area (Å²) >= 11 is 12.3. The fourth-order valence-electron chi connectivity index (χ4n) is 2.83. The SMILES string of the molecule is CN(C)c1cc(C(=O)N2C=C(c3ccc(Cl)cc3Cl)CCC2)ccn1. The Bertz CT molecular complexity index is 833. The van der Waals surface area contributed by atoms with E-state index in [-0.39, 0.29) is 5.91 Å². The van der Waals surface area contributed by atoms with Gasteiger partial charge in [0.2, 0.25) is 0 Å². The van der Waals surface area contributed by atoms with Gasteiger partial charge in [-0.1, -0.05) is 29.3 Å². The standard InChI is InChI=1S/C19H19Cl2N3O/c1-23(2)18-10-13(7-8-22-18)19(25)24-9-3-4-14(12-24)16-6-5-15(20)11-17(16)21/h5-8,10-12H,3-4,9H2,1-2H3. The molecule has 0 fully saturated rings. The Labute approximate surface area is 157 Å². The summed E-state index contributed by atoms with van der Waals surface area (Å²) in [4.78, 5) is 20.8. The third kappa shape index (κ3) is 3.97. The average molecular weight is 376 g/mol. The van der Waals surface area contributed by atoms with Crippen molar-refractivity contribution in [1.82, 2.24) is 9.88 Å². The van der Waals surface area contributed by atoms with Gasteiger partial charge in [0.15, 0.2) is 0 Å². The molecule has 0 saturated carbocycles. The predicted octanol–water partition coefficient (Wildman–Crippen LogP) is 4.73. The van der Waals surface area contributed by atoms with Gasteiger partial charge in [-0.3, -0.25) is 4.79 Å². The normalized spacial score (nSPS) is 14.2. The molecule has 1 aliphatic heterocycles. The number of anilines is 1. The monoisotopic (exact) mass is 375 g/mol. The zero-order valence-electron chi connectivity index (χ0n) is 14.2. The molecule has 0 atom stereocenters. The van der Waals surface area contributed by atoms with Gasteiger partial charge in [-0.15, -0.1) is 0 Å². The highest BCUT2D eigenvalue weighted by Crippen LogP contribution is 2.32. The first-order valence-electron chi connectivity index (χ1n) is 8.06. The molecule has 4 nitrogen and oxygen atoms in total. The van der Waals surface area contributed by atoms with Gasteiger partial charge in [0.25, 0.3) is 5.91 Å². The number of pyridine rings is 1. The molecule has 1 aromatic carbocycles. The molecule has 0 N–H and O–H groups in total. The van der Waals surface area contributed by atoms with Gasteiger partial charge in [0.1, 0.15) is 5.82 Å². The maximum atomic E-state index is 12.9. The summed E-state index contributed by atoms with van der Waals surface area (Å²) in [7, 11) is 3.80. The van der Waals surface area contributed by atoms with Crippen molar-refractivity contribution >= 4 is 40.5 Å². The van der Waals surface area contributed by atoms with E-state index in [1.807, 2.05) is 37.3 Å². The maximum Gasteiger partial charge on any atom is 0.257 e. The van der Waals surface area contributed by atoms with Gasteiger partial charge < -0.3 is 9.80 Å². The average Bonchev–Trinajstić information content (AvgIpc) is 2.61. The molecule has 0 saturated heterocycles. The van der Waals surface area contributed by atoms with Crippen LogP contribution in [0.3, 0.4) is 0 Å². The van der Waals surface area contributed by atoms with E-state index in [4.69, 9.17) is 23.2 Å². The summed E-state index contributed by atoms with van der Waals surface area (Å²) in [5.41, 5.74) is 2.59. The molecule has 1 aromatic heterocycles. The number of nitrogens with zero attached hydrogens (tertiary/aromatic N) is 3. The number of rotatable bonds is 3. The van der Waals surface area contributed by atoms with E-state index in [0.717, 1.165) is 29.8 Å². The van der Waals surface area contributed by atoms with Crippen LogP contribution in [0.5, 0.6) is 0 Å². The number of halogens is 2. The molecule has 0 aliphatic carbocycles. The smallest absolute Gasteiger partial charge is 0.257 e. The van der Waals surface area contributed by atoms with Gasteiger partial charge in [-0.2, -0.15) is 0 Å². The number of allylic oxidation sites excluding steroid dienone is 1. The largest absolute Gasteiger partial charge is 0.363 e. The summed E-state index contributed by atoms with van der Waals surface area (Å²) in [5.74, 6) is 0.723. The second-order valence-corrected chi connectivity index (χ2v) is 7.02.